The van der Waals surface area contributed by atoms with Crippen molar-refractivity contribution in [3.8, 4) is 5.75 Å². The van der Waals surface area contributed by atoms with E-state index in [2.05, 4.69) is 4.72 Å². The molecule has 1 fully saturated rings. The lowest BCUT2D eigenvalue weighted by Crippen LogP contribution is -2.40. The number of hydrogen-bond acceptors (Lipinski definition) is 6. The van der Waals surface area contributed by atoms with Gasteiger partial charge in [-0.2, -0.15) is 0 Å². The average Bonchev–Trinajstić information content (AvgIpc) is 2.48. The molecule has 0 amide bonds. The van der Waals surface area contributed by atoms with E-state index in [0.29, 0.717) is 12.8 Å². The van der Waals surface area contributed by atoms with Crippen LogP contribution in [0.25, 0.3) is 0 Å². The van der Waals surface area contributed by atoms with Crippen molar-refractivity contribution in [1.29, 1.82) is 0 Å². The van der Waals surface area contributed by atoms with Gasteiger partial charge in [-0.05, 0) is 37.8 Å². The van der Waals surface area contributed by atoms with Crippen LogP contribution in [0.15, 0.2) is 23.1 Å². The highest BCUT2D eigenvalue weighted by Gasteiger charge is 2.30. The van der Waals surface area contributed by atoms with Gasteiger partial charge in [-0.3, -0.25) is 10.1 Å². The topological polar surface area (TPSA) is 125 Å². The van der Waals surface area contributed by atoms with E-state index >= 15 is 0 Å². The van der Waals surface area contributed by atoms with Crippen molar-refractivity contribution in [3.63, 3.8) is 0 Å². The number of nitro groups is 1. The smallest absolute Gasteiger partial charge is 0.293 e. The number of nitro benzene ring substituents is 1. The molecular weight excluding hydrogens is 310 g/mol. The van der Waals surface area contributed by atoms with Gasteiger partial charge in [0.25, 0.3) is 5.69 Å². The van der Waals surface area contributed by atoms with E-state index in [1.165, 1.54) is 19.2 Å². The van der Waals surface area contributed by atoms with E-state index in [1.54, 1.807) is 0 Å². The van der Waals surface area contributed by atoms with Crippen molar-refractivity contribution in [1.82, 2.24) is 4.72 Å². The summed E-state index contributed by atoms with van der Waals surface area (Å²) >= 11 is 0. The Labute approximate surface area is 128 Å². The fourth-order valence-corrected chi connectivity index (χ4v) is 3.97. The Hall–Kier alpha value is -1.71. The fraction of sp³-hybridized carbons (Fsp3) is 0.538. The fourth-order valence-electron chi connectivity index (χ4n) is 2.51. The molecule has 0 atom stereocenters. The zero-order valence-corrected chi connectivity index (χ0v) is 13.0. The maximum Gasteiger partial charge on any atom is 0.293 e. The SMILES string of the molecule is COc1ccc(S(=O)(=O)NC2CCC(N)CC2)c([N+](=O)[O-])c1. The molecule has 0 spiro atoms. The number of benzene rings is 1. The van der Waals surface area contributed by atoms with Gasteiger partial charge >= 0.3 is 0 Å². The van der Waals surface area contributed by atoms with Crippen LogP contribution in [0.3, 0.4) is 0 Å². The summed E-state index contributed by atoms with van der Waals surface area (Å²) in [6.45, 7) is 0. The lowest BCUT2D eigenvalue weighted by atomic mass is 9.93. The van der Waals surface area contributed by atoms with Crippen LogP contribution in [-0.4, -0.2) is 32.5 Å². The van der Waals surface area contributed by atoms with Gasteiger partial charge in [0.15, 0.2) is 4.90 Å². The molecule has 1 aliphatic rings. The Morgan fingerprint density at radius 3 is 2.50 bits per heavy atom. The highest BCUT2D eigenvalue weighted by molar-refractivity contribution is 7.89. The Morgan fingerprint density at radius 1 is 1.32 bits per heavy atom. The van der Waals surface area contributed by atoms with Gasteiger partial charge in [-0.25, -0.2) is 13.1 Å². The summed E-state index contributed by atoms with van der Waals surface area (Å²) < 4.78 is 32.3. The van der Waals surface area contributed by atoms with Gasteiger partial charge in [-0.1, -0.05) is 0 Å². The summed E-state index contributed by atoms with van der Waals surface area (Å²) in [7, 11) is -2.61. The summed E-state index contributed by atoms with van der Waals surface area (Å²) in [5.74, 6) is 0.231. The standard InChI is InChI=1S/C13H19N3O5S/c1-21-11-6-7-13(12(8-11)16(17)18)22(19,20)15-10-4-2-9(14)3-5-10/h6-10,15H,2-5,14H2,1H3. The Morgan fingerprint density at radius 2 is 1.95 bits per heavy atom. The van der Waals surface area contributed by atoms with Crippen LogP contribution in [0.2, 0.25) is 0 Å². The molecular formula is C13H19N3O5S. The molecule has 22 heavy (non-hydrogen) atoms. The molecule has 0 unspecified atom stereocenters. The molecule has 1 aromatic rings. The molecule has 1 aliphatic carbocycles. The molecule has 9 heteroatoms. The molecule has 1 saturated carbocycles. The van der Waals surface area contributed by atoms with Gasteiger partial charge < -0.3 is 10.5 Å². The zero-order chi connectivity index (χ0) is 16.3. The third-order valence-corrected chi connectivity index (χ3v) is 5.31. The van der Waals surface area contributed by atoms with E-state index < -0.39 is 20.6 Å². The summed E-state index contributed by atoms with van der Waals surface area (Å²) in [6.07, 6.45) is 2.73. The third-order valence-electron chi connectivity index (χ3n) is 3.75. The first-order chi connectivity index (χ1) is 10.3. The molecule has 8 nitrogen and oxygen atoms in total. The maximum atomic E-state index is 12.4. The number of rotatable bonds is 5. The van der Waals surface area contributed by atoms with Crippen LogP contribution < -0.4 is 15.2 Å². The number of ether oxygens (including phenoxy) is 1. The third kappa shape index (κ3) is 3.73. The molecule has 122 valence electrons. The second-order valence-electron chi connectivity index (χ2n) is 5.32. The van der Waals surface area contributed by atoms with E-state index in [-0.39, 0.29) is 22.7 Å². The van der Waals surface area contributed by atoms with Crippen molar-refractivity contribution in [3.05, 3.63) is 28.3 Å². The van der Waals surface area contributed by atoms with Crippen molar-refractivity contribution < 1.29 is 18.1 Å². The highest BCUT2D eigenvalue weighted by atomic mass is 32.2. The van der Waals surface area contributed by atoms with E-state index in [1.807, 2.05) is 0 Å². The van der Waals surface area contributed by atoms with E-state index in [4.69, 9.17) is 10.5 Å². The Bertz CT molecular complexity index is 654. The number of nitrogens with zero attached hydrogens (tertiary/aromatic N) is 1. The minimum atomic E-state index is -3.97. The molecule has 3 N–H and O–H groups in total. The van der Waals surface area contributed by atoms with Crippen LogP contribution in [0, 0.1) is 10.1 Å². The molecule has 0 bridgehead atoms. The minimum absolute atomic E-state index is 0.0936. The molecule has 2 rings (SSSR count). The normalized spacial score (nSPS) is 22.3. The molecule has 1 aromatic carbocycles. The van der Waals surface area contributed by atoms with Crippen LogP contribution in [0.4, 0.5) is 5.69 Å². The Balaban J connectivity index is 2.27. The van der Waals surface area contributed by atoms with Gasteiger partial charge in [0.2, 0.25) is 10.0 Å². The second kappa shape index (κ2) is 6.59. The number of nitrogens with two attached hydrogens (primary N) is 1. The molecule has 0 radical (unpaired) electrons. The predicted octanol–water partition coefficient (Wildman–Crippen LogP) is 1.15. The average molecular weight is 329 g/mol. The quantitative estimate of drug-likeness (QED) is 0.617. The van der Waals surface area contributed by atoms with Crippen molar-refractivity contribution in [2.45, 2.75) is 42.7 Å². The maximum absolute atomic E-state index is 12.4. The summed E-state index contributed by atoms with van der Waals surface area (Å²) in [5, 5.41) is 11.1. The predicted molar refractivity (Wildman–Crippen MR) is 80.2 cm³/mol. The van der Waals surface area contributed by atoms with Gasteiger partial charge in [-0.15, -0.1) is 0 Å². The monoisotopic (exact) mass is 329 g/mol. The Kier molecular flexibility index (Phi) is 4.99. The first kappa shape index (κ1) is 16.7. The van der Waals surface area contributed by atoms with Crippen molar-refractivity contribution >= 4 is 15.7 Å². The number of nitrogens with one attached hydrogen (secondary N) is 1. The first-order valence-electron chi connectivity index (χ1n) is 6.94. The second-order valence-corrected chi connectivity index (χ2v) is 7.01. The van der Waals surface area contributed by atoms with Gasteiger partial charge in [0.1, 0.15) is 5.75 Å². The molecule has 0 heterocycles. The van der Waals surface area contributed by atoms with E-state index in [9.17, 15) is 18.5 Å². The van der Waals surface area contributed by atoms with Crippen LogP contribution in [0.5, 0.6) is 5.75 Å². The minimum Gasteiger partial charge on any atom is -0.497 e. The highest BCUT2D eigenvalue weighted by Crippen LogP contribution is 2.29. The summed E-state index contributed by atoms with van der Waals surface area (Å²) in [5.41, 5.74) is 5.29. The lowest BCUT2D eigenvalue weighted by Gasteiger charge is -2.26. The van der Waals surface area contributed by atoms with E-state index in [0.717, 1.165) is 18.9 Å². The number of methoxy groups -OCH3 is 1. The van der Waals surface area contributed by atoms with Gasteiger partial charge in [0, 0.05) is 12.1 Å². The summed E-state index contributed by atoms with van der Waals surface area (Å²) in [6, 6.07) is 3.53. The summed E-state index contributed by atoms with van der Waals surface area (Å²) in [4.78, 5) is 10.0. The molecule has 0 saturated heterocycles. The van der Waals surface area contributed by atoms with Crippen LogP contribution in [0.1, 0.15) is 25.7 Å². The largest absolute Gasteiger partial charge is 0.497 e. The van der Waals surface area contributed by atoms with Crippen molar-refractivity contribution in [2.24, 2.45) is 5.73 Å². The lowest BCUT2D eigenvalue weighted by molar-refractivity contribution is -0.387. The van der Waals surface area contributed by atoms with Crippen molar-refractivity contribution in [2.75, 3.05) is 7.11 Å². The van der Waals surface area contributed by atoms with Gasteiger partial charge in [0.05, 0.1) is 18.1 Å². The zero-order valence-electron chi connectivity index (χ0n) is 12.2. The van der Waals surface area contributed by atoms with Crippen LogP contribution >= 0.6 is 0 Å². The number of sulfonamides is 1. The molecule has 0 aromatic heterocycles. The molecule has 0 aliphatic heterocycles. The number of hydrogen-bond donors (Lipinski definition) is 2. The van der Waals surface area contributed by atoms with Crippen LogP contribution in [-0.2, 0) is 10.0 Å². The first-order valence-corrected chi connectivity index (χ1v) is 8.42.